The Morgan fingerprint density at radius 3 is 2.67 bits per heavy atom. The molecule has 1 amide bonds. The molecule has 0 aliphatic carbocycles. The fraction of sp³-hybridized carbons (Fsp3) is 0.412. The Bertz CT molecular complexity index is 585. The van der Waals surface area contributed by atoms with Gasteiger partial charge in [0, 0.05) is 0 Å². The average molecular weight is 343 g/mol. The number of carbonyl (C=O) groups excluding carboxylic acids is 2. The molecule has 0 aliphatic heterocycles. The third-order valence-corrected chi connectivity index (χ3v) is 3.34. The number of esters is 1. The van der Waals surface area contributed by atoms with E-state index >= 15 is 0 Å². The summed E-state index contributed by atoms with van der Waals surface area (Å²) in [7, 11) is 1.21. The number of hydrogen-bond donors (Lipinski definition) is 1. The molecule has 7 heteroatoms. The summed E-state index contributed by atoms with van der Waals surface area (Å²) in [4.78, 5) is 23.7. The van der Waals surface area contributed by atoms with Gasteiger partial charge in [-0.1, -0.05) is 24.3 Å². The fourth-order valence-corrected chi connectivity index (χ4v) is 2.15. The summed E-state index contributed by atoms with van der Waals surface area (Å²) in [6.45, 7) is 3.57. The zero-order valence-electron chi connectivity index (χ0n) is 13.4. The maximum absolute atomic E-state index is 12.7. The summed E-state index contributed by atoms with van der Waals surface area (Å²) in [5.74, 6) is -1.13. The number of ether oxygens (including phenoxy) is 1. The van der Waals surface area contributed by atoms with Crippen LogP contribution in [-0.2, 0) is 26.9 Å². The van der Waals surface area contributed by atoms with Crippen LogP contribution in [0.1, 0.15) is 30.4 Å². The number of nitrogens with one attached hydrogen (secondary N) is 1. The van der Waals surface area contributed by atoms with Gasteiger partial charge in [0.15, 0.2) is 0 Å². The highest BCUT2D eigenvalue weighted by Crippen LogP contribution is 2.29. The van der Waals surface area contributed by atoms with Crippen LogP contribution in [0.3, 0.4) is 0 Å². The monoisotopic (exact) mass is 343 g/mol. The van der Waals surface area contributed by atoms with Crippen LogP contribution in [0.25, 0.3) is 0 Å². The highest BCUT2D eigenvalue weighted by Gasteiger charge is 2.30. The van der Waals surface area contributed by atoms with E-state index in [1.165, 1.54) is 19.2 Å². The Hall–Kier alpha value is -2.31. The molecular formula is C17H20F3NO3. The molecule has 1 aromatic carbocycles. The van der Waals surface area contributed by atoms with Crippen LogP contribution in [0.5, 0.6) is 0 Å². The van der Waals surface area contributed by atoms with E-state index in [-0.39, 0.29) is 12.0 Å². The van der Waals surface area contributed by atoms with Crippen LogP contribution in [0.15, 0.2) is 36.9 Å². The number of alkyl halides is 3. The molecule has 0 heterocycles. The van der Waals surface area contributed by atoms with Gasteiger partial charge in [0.2, 0.25) is 5.91 Å². The molecule has 0 radical (unpaired) electrons. The van der Waals surface area contributed by atoms with Crippen molar-refractivity contribution < 1.29 is 27.5 Å². The predicted octanol–water partition coefficient (Wildman–Crippen LogP) is 3.26. The lowest BCUT2D eigenvalue weighted by molar-refractivity contribution is -0.145. The van der Waals surface area contributed by atoms with Crippen molar-refractivity contribution in [2.24, 2.45) is 0 Å². The molecule has 0 aliphatic rings. The van der Waals surface area contributed by atoms with Crippen molar-refractivity contribution in [3.8, 4) is 0 Å². The zero-order chi connectivity index (χ0) is 18.2. The summed E-state index contributed by atoms with van der Waals surface area (Å²) in [5, 5.41) is 2.50. The summed E-state index contributed by atoms with van der Waals surface area (Å²) >= 11 is 0. The average Bonchev–Trinajstić information content (AvgIpc) is 2.52. The van der Waals surface area contributed by atoms with E-state index in [0.717, 1.165) is 12.1 Å². The molecule has 0 bridgehead atoms. The van der Waals surface area contributed by atoms with Crippen molar-refractivity contribution in [2.75, 3.05) is 7.11 Å². The maximum atomic E-state index is 12.7. The van der Waals surface area contributed by atoms with Crippen molar-refractivity contribution in [1.82, 2.24) is 5.32 Å². The number of halogens is 3. The molecule has 0 saturated carbocycles. The van der Waals surface area contributed by atoms with Gasteiger partial charge in [-0.05, 0) is 30.9 Å². The number of methoxy groups -OCH3 is 1. The van der Waals surface area contributed by atoms with Gasteiger partial charge in [0.05, 0.1) is 19.1 Å². The molecule has 0 fully saturated rings. The molecule has 0 saturated heterocycles. The molecule has 1 aromatic rings. The fourth-order valence-electron chi connectivity index (χ4n) is 2.15. The number of rotatable bonds is 8. The molecule has 24 heavy (non-hydrogen) atoms. The topological polar surface area (TPSA) is 55.4 Å². The first kappa shape index (κ1) is 19.7. The Kier molecular flexibility index (Phi) is 7.48. The second kappa shape index (κ2) is 9.10. The smallest absolute Gasteiger partial charge is 0.416 e. The van der Waals surface area contributed by atoms with Gasteiger partial charge >= 0.3 is 12.1 Å². The van der Waals surface area contributed by atoms with Gasteiger partial charge in [0.25, 0.3) is 0 Å². The first-order valence-electron chi connectivity index (χ1n) is 7.42. The van der Waals surface area contributed by atoms with Gasteiger partial charge in [-0.3, -0.25) is 4.79 Å². The maximum Gasteiger partial charge on any atom is 0.416 e. The molecular weight excluding hydrogens is 323 g/mol. The lowest BCUT2D eigenvalue weighted by atomic mass is 10.1. The molecule has 0 spiro atoms. The highest BCUT2D eigenvalue weighted by molar-refractivity contribution is 5.85. The van der Waals surface area contributed by atoms with Gasteiger partial charge in [-0.2, -0.15) is 13.2 Å². The third kappa shape index (κ3) is 6.44. The van der Waals surface area contributed by atoms with Crippen LogP contribution >= 0.6 is 0 Å². The van der Waals surface area contributed by atoms with Crippen LogP contribution in [0, 0.1) is 0 Å². The molecule has 0 unspecified atom stereocenters. The van der Waals surface area contributed by atoms with Crippen molar-refractivity contribution in [3.05, 3.63) is 48.0 Å². The largest absolute Gasteiger partial charge is 0.467 e. The number of unbranched alkanes of at least 4 members (excludes halogenated alkanes) is 1. The SMILES string of the molecule is C=CCCC[C@@H](NC(=O)Cc1cccc(C(F)(F)F)c1)C(=O)OC. The second-order valence-electron chi connectivity index (χ2n) is 5.24. The van der Waals surface area contributed by atoms with E-state index in [0.29, 0.717) is 19.3 Å². The number of hydrogen-bond acceptors (Lipinski definition) is 3. The molecule has 132 valence electrons. The minimum absolute atomic E-state index is 0.219. The Labute approximate surface area is 138 Å². The summed E-state index contributed by atoms with van der Waals surface area (Å²) in [6.07, 6.45) is -1.35. The van der Waals surface area contributed by atoms with Crippen molar-refractivity contribution in [3.63, 3.8) is 0 Å². The van der Waals surface area contributed by atoms with Crippen LogP contribution in [0.2, 0.25) is 0 Å². The normalized spacial score (nSPS) is 12.3. The number of benzene rings is 1. The Balaban J connectivity index is 2.71. The lowest BCUT2D eigenvalue weighted by Gasteiger charge is -2.16. The van der Waals surface area contributed by atoms with Gasteiger partial charge < -0.3 is 10.1 Å². The van der Waals surface area contributed by atoms with E-state index < -0.39 is 29.7 Å². The number of carbonyl (C=O) groups is 2. The number of amides is 1. The Morgan fingerprint density at radius 1 is 1.38 bits per heavy atom. The highest BCUT2D eigenvalue weighted by atomic mass is 19.4. The van der Waals surface area contributed by atoms with Crippen molar-refractivity contribution in [2.45, 2.75) is 37.9 Å². The zero-order valence-corrected chi connectivity index (χ0v) is 13.4. The van der Waals surface area contributed by atoms with Crippen LogP contribution in [-0.4, -0.2) is 25.0 Å². The molecule has 1 rings (SSSR count). The van der Waals surface area contributed by atoms with Gasteiger partial charge in [-0.25, -0.2) is 4.79 Å². The minimum atomic E-state index is -4.47. The van der Waals surface area contributed by atoms with E-state index in [9.17, 15) is 22.8 Å². The second-order valence-corrected chi connectivity index (χ2v) is 5.24. The molecule has 4 nitrogen and oxygen atoms in total. The van der Waals surface area contributed by atoms with E-state index in [2.05, 4.69) is 16.6 Å². The van der Waals surface area contributed by atoms with E-state index in [4.69, 9.17) is 0 Å². The van der Waals surface area contributed by atoms with Crippen molar-refractivity contribution >= 4 is 11.9 Å². The standard InChI is InChI=1S/C17H20F3NO3/c1-3-4-5-9-14(16(23)24-2)21-15(22)11-12-7-6-8-13(10-12)17(18,19)20/h3,6-8,10,14H,1,4-5,9,11H2,2H3,(H,21,22)/t14-/m1/s1. The molecule has 0 aromatic heterocycles. The third-order valence-electron chi connectivity index (χ3n) is 3.34. The van der Waals surface area contributed by atoms with E-state index in [1.54, 1.807) is 6.08 Å². The number of allylic oxidation sites excluding steroid dienone is 1. The lowest BCUT2D eigenvalue weighted by Crippen LogP contribution is -2.42. The minimum Gasteiger partial charge on any atom is -0.467 e. The summed E-state index contributed by atoms with van der Waals surface area (Å²) in [6, 6.07) is 3.71. The van der Waals surface area contributed by atoms with Crippen LogP contribution in [0.4, 0.5) is 13.2 Å². The van der Waals surface area contributed by atoms with Crippen LogP contribution < -0.4 is 5.32 Å². The van der Waals surface area contributed by atoms with Crippen molar-refractivity contribution in [1.29, 1.82) is 0 Å². The summed E-state index contributed by atoms with van der Waals surface area (Å²) < 4.78 is 42.6. The summed E-state index contributed by atoms with van der Waals surface area (Å²) in [5.41, 5.74) is -0.597. The van der Waals surface area contributed by atoms with Gasteiger partial charge in [-0.15, -0.1) is 6.58 Å². The first-order valence-corrected chi connectivity index (χ1v) is 7.42. The first-order chi connectivity index (χ1) is 11.3. The molecule has 1 N–H and O–H groups in total. The Morgan fingerprint density at radius 2 is 2.08 bits per heavy atom. The van der Waals surface area contributed by atoms with E-state index in [1.807, 2.05) is 0 Å². The van der Waals surface area contributed by atoms with Gasteiger partial charge in [0.1, 0.15) is 6.04 Å². The molecule has 1 atom stereocenters. The predicted molar refractivity (Wildman–Crippen MR) is 83.1 cm³/mol. The quantitative estimate of drug-likeness (QED) is 0.448.